The summed E-state index contributed by atoms with van der Waals surface area (Å²) in [4.78, 5) is 26.6. The van der Waals surface area contributed by atoms with Gasteiger partial charge in [-0.2, -0.15) is 0 Å². The number of rotatable bonds is 5. The normalized spacial score (nSPS) is 14.2. The molecule has 3 rings (SSSR count). The molecule has 4 heteroatoms. The van der Waals surface area contributed by atoms with Crippen molar-refractivity contribution >= 4 is 17.5 Å². The molecule has 0 aliphatic carbocycles. The fourth-order valence-electron chi connectivity index (χ4n) is 3.14. The highest BCUT2D eigenvalue weighted by atomic mass is 16.2. The van der Waals surface area contributed by atoms with E-state index in [1.807, 2.05) is 53.4 Å². The van der Waals surface area contributed by atoms with Gasteiger partial charge in [0, 0.05) is 30.8 Å². The number of carbonyl (C=O) groups is 2. The van der Waals surface area contributed by atoms with Crippen LogP contribution >= 0.6 is 0 Å². The highest BCUT2D eigenvalue weighted by molar-refractivity contribution is 5.97. The summed E-state index contributed by atoms with van der Waals surface area (Å²) in [6.45, 7) is 1.65. The third-order valence-electron chi connectivity index (χ3n) is 4.52. The fourth-order valence-corrected chi connectivity index (χ4v) is 3.14. The minimum atomic E-state index is -0.0357. The number of hydrogen-bond acceptors (Lipinski definition) is 2. The third kappa shape index (κ3) is 4.92. The Morgan fingerprint density at radius 2 is 1.68 bits per heavy atom. The number of piperidine rings is 1. The zero-order valence-electron chi connectivity index (χ0n) is 14.4. The van der Waals surface area contributed by atoms with Crippen LogP contribution in [0.1, 0.15) is 41.6 Å². The maximum absolute atomic E-state index is 12.6. The molecule has 0 bridgehead atoms. The van der Waals surface area contributed by atoms with Crippen molar-refractivity contribution in [1.82, 2.24) is 4.90 Å². The minimum absolute atomic E-state index is 0.0357. The van der Waals surface area contributed by atoms with E-state index in [0.717, 1.165) is 31.5 Å². The lowest BCUT2D eigenvalue weighted by molar-refractivity contribution is -0.116. The Bertz CT molecular complexity index is 722. The quantitative estimate of drug-likeness (QED) is 0.901. The van der Waals surface area contributed by atoms with E-state index >= 15 is 0 Å². The Morgan fingerprint density at radius 3 is 2.44 bits per heavy atom. The molecule has 2 aromatic rings. The highest BCUT2D eigenvalue weighted by Gasteiger charge is 2.18. The molecule has 0 aromatic heterocycles. The predicted molar refractivity (Wildman–Crippen MR) is 99.6 cm³/mol. The van der Waals surface area contributed by atoms with Crippen LogP contribution in [-0.2, 0) is 11.2 Å². The van der Waals surface area contributed by atoms with Crippen LogP contribution in [-0.4, -0.2) is 29.8 Å². The van der Waals surface area contributed by atoms with Crippen LogP contribution in [0.5, 0.6) is 0 Å². The lowest BCUT2D eigenvalue weighted by Crippen LogP contribution is -2.35. The standard InChI is InChI=1S/C21H24N2O2/c24-20(13-12-17-8-3-1-4-9-17)22-19-11-7-10-18(16-19)21(25)23-14-5-2-6-15-23/h1,3-4,7-11,16H,2,5-6,12-15H2,(H,22,24). The molecule has 1 heterocycles. The van der Waals surface area contributed by atoms with E-state index < -0.39 is 0 Å². The smallest absolute Gasteiger partial charge is 0.253 e. The van der Waals surface area contributed by atoms with E-state index in [9.17, 15) is 9.59 Å². The van der Waals surface area contributed by atoms with Gasteiger partial charge < -0.3 is 10.2 Å². The Kier molecular flexibility index (Phi) is 5.83. The zero-order chi connectivity index (χ0) is 17.5. The van der Waals surface area contributed by atoms with E-state index in [4.69, 9.17) is 0 Å². The summed E-state index contributed by atoms with van der Waals surface area (Å²) in [5.41, 5.74) is 2.47. The van der Waals surface area contributed by atoms with Crippen molar-refractivity contribution in [3.05, 3.63) is 65.7 Å². The van der Waals surface area contributed by atoms with Crippen molar-refractivity contribution in [2.75, 3.05) is 18.4 Å². The van der Waals surface area contributed by atoms with Crippen LogP contribution < -0.4 is 5.32 Å². The van der Waals surface area contributed by atoms with Gasteiger partial charge in [0.15, 0.2) is 0 Å². The number of nitrogens with zero attached hydrogens (tertiary/aromatic N) is 1. The Labute approximate surface area is 148 Å². The predicted octanol–water partition coefficient (Wildman–Crippen LogP) is 3.88. The second-order valence-electron chi connectivity index (χ2n) is 6.47. The van der Waals surface area contributed by atoms with Crippen molar-refractivity contribution in [2.24, 2.45) is 0 Å². The van der Waals surface area contributed by atoms with Crippen LogP contribution in [0.4, 0.5) is 5.69 Å². The van der Waals surface area contributed by atoms with Crippen LogP contribution in [0.15, 0.2) is 54.6 Å². The lowest BCUT2D eigenvalue weighted by Gasteiger charge is -2.26. The number of amides is 2. The maximum atomic E-state index is 12.6. The number of nitrogens with one attached hydrogen (secondary N) is 1. The molecule has 0 atom stereocenters. The first-order valence-electron chi connectivity index (χ1n) is 8.95. The van der Waals surface area contributed by atoms with Gasteiger partial charge in [-0.25, -0.2) is 0 Å². The van der Waals surface area contributed by atoms with Gasteiger partial charge in [-0.15, -0.1) is 0 Å². The van der Waals surface area contributed by atoms with Crippen molar-refractivity contribution in [3.8, 4) is 0 Å². The minimum Gasteiger partial charge on any atom is -0.339 e. The molecule has 4 nitrogen and oxygen atoms in total. The van der Waals surface area contributed by atoms with Crippen LogP contribution in [0, 0.1) is 0 Å². The first-order chi connectivity index (χ1) is 12.2. The number of benzene rings is 2. The molecule has 2 amide bonds. The summed E-state index contributed by atoms with van der Waals surface area (Å²) in [5.74, 6) is 0.0199. The van der Waals surface area contributed by atoms with Gasteiger partial charge >= 0.3 is 0 Å². The maximum Gasteiger partial charge on any atom is 0.253 e. The molecule has 1 aliphatic heterocycles. The van der Waals surface area contributed by atoms with Crippen molar-refractivity contribution < 1.29 is 9.59 Å². The number of anilines is 1. The van der Waals surface area contributed by atoms with Crippen molar-refractivity contribution in [2.45, 2.75) is 32.1 Å². The van der Waals surface area contributed by atoms with Gasteiger partial charge in [0.1, 0.15) is 0 Å². The number of aryl methyl sites for hydroxylation is 1. The first kappa shape index (κ1) is 17.2. The van der Waals surface area contributed by atoms with Crippen molar-refractivity contribution in [3.63, 3.8) is 0 Å². The molecular formula is C21H24N2O2. The molecule has 0 spiro atoms. The van der Waals surface area contributed by atoms with Gasteiger partial charge in [-0.05, 0) is 49.4 Å². The van der Waals surface area contributed by atoms with E-state index in [2.05, 4.69) is 5.32 Å². The summed E-state index contributed by atoms with van der Waals surface area (Å²) in [6.07, 6.45) is 4.47. The monoisotopic (exact) mass is 336 g/mol. The second kappa shape index (κ2) is 8.47. The average Bonchev–Trinajstić information content (AvgIpc) is 2.67. The molecule has 1 aliphatic rings. The Morgan fingerprint density at radius 1 is 0.920 bits per heavy atom. The molecule has 1 N–H and O–H groups in total. The van der Waals surface area contributed by atoms with Crippen LogP contribution in [0.3, 0.4) is 0 Å². The van der Waals surface area contributed by atoms with Crippen LogP contribution in [0.25, 0.3) is 0 Å². The van der Waals surface area contributed by atoms with E-state index in [0.29, 0.717) is 24.1 Å². The average molecular weight is 336 g/mol. The van der Waals surface area contributed by atoms with E-state index in [1.54, 1.807) is 6.07 Å². The Hall–Kier alpha value is -2.62. The second-order valence-corrected chi connectivity index (χ2v) is 6.47. The highest BCUT2D eigenvalue weighted by Crippen LogP contribution is 2.17. The van der Waals surface area contributed by atoms with Gasteiger partial charge in [0.2, 0.25) is 5.91 Å². The largest absolute Gasteiger partial charge is 0.339 e. The summed E-state index contributed by atoms with van der Waals surface area (Å²) in [7, 11) is 0. The Balaban J connectivity index is 1.57. The molecule has 1 fully saturated rings. The molecule has 1 saturated heterocycles. The van der Waals surface area contributed by atoms with Gasteiger partial charge in [0.25, 0.3) is 5.91 Å². The molecule has 130 valence electrons. The van der Waals surface area contributed by atoms with Crippen LogP contribution in [0.2, 0.25) is 0 Å². The van der Waals surface area contributed by atoms with Gasteiger partial charge in [0.05, 0.1) is 0 Å². The summed E-state index contributed by atoms with van der Waals surface area (Å²) in [5, 5.41) is 2.90. The van der Waals surface area contributed by atoms with Gasteiger partial charge in [-0.1, -0.05) is 36.4 Å². The fraction of sp³-hybridized carbons (Fsp3) is 0.333. The number of likely N-dealkylation sites (tertiary alicyclic amines) is 1. The SMILES string of the molecule is O=C(CCc1ccccc1)Nc1cccc(C(=O)N2CCCCC2)c1. The molecule has 2 aromatic carbocycles. The molecule has 25 heavy (non-hydrogen) atoms. The molecular weight excluding hydrogens is 312 g/mol. The zero-order valence-corrected chi connectivity index (χ0v) is 14.4. The van der Waals surface area contributed by atoms with E-state index in [1.165, 1.54) is 6.42 Å². The molecule has 0 saturated carbocycles. The molecule has 0 unspecified atom stereocenters. The topological polar surface area (TPSA) is 49.4 Å². The van der Waals surface area contributed by atoms with Crippen molar-refractivity contribution in [1.29, 1.82) is 0 Å². The number of hydrogen-bond donors (Lipinski definition) is 1. The molecule has 0 radical (unpaired) electrons. The lowest BCUT2D eigenvalue weighted by atomic mass is 10.1. The van der Waals surface area contributed by atoms with Gasteiger partial charge in [-0.3, -0.25) is 9.59 Å². The summed E-state index contributed by atoms with van der Waals surface area (Å²) in [6, 6.07) is 17.2. The first-order valence-corrected chi connectivity index (χ1v) is 8.95. The number of carbonyl (C=O) groups excluding carboxylic acids is 2. The summed E-state index contributed by atoms with van der Waals surface area (Å²) >= 11 is 0. The summed E-state index contributed by atoms with van der Waals surface area (Å²) < 4.78 is 0. The third-order valence-corrected chi connectivity index (χ3v) is 4.52. The van der Waals surface area contributed by atoms with E-state index in [-0.39, 0.29) is 11.8 Å².